The van der Waals surface area contributed by atoms with Gasteiger partial charge >= 0.3 is 5.69 Å². The smallest absolute Gasteiger partial charge is 0.330 e. The van der Waals surface area contributed by atoms with Crippen LogP contribution in [0.2, 0.25) is 0 Å². The van der Waals surface area contributed by atoms with Gasteiger partial charge in [0.05, 0.1) is 6.26 Å². The molecule has 2 rings (SSSR count). The zero-order chi connectivity index (χ0) is 19.4. The van der Waals surface area contributed by atoms with E-state index in [1.54, 1.807) is 13.0 Å². The maximum atomic E-state index is 13.0. The molecule has 142 valence electrons. The third-order valence-electron chi connectivity index (χ3n) is 4.07. The van der Waals surface area contributed by atoms with Gasteiger partial charge in [-0.3, -0.25) is 24.0 Å². The Labute approximate surface area is 151 Å². The van der Waals surface area contributed by atoms with Crippen LogP contribution in [0.25, 0.3) is 0 Å². The van der Waals surface area contributed by atoms with E-state index in [0.29, 0.717) is 25.1 Å². The molecule has 0 spiro atoms. The minimum Gasteiger partial charge on any atom is -0.459 e. The van der Waals surface area contributed by atoms with Crippen LogP contribution in [0.1, 0.15) is 49.7 Å². The maximum Gasteiger partial charge on any atom is 0.330 e. The van der Waals surface area contributed by atoms with Gasteiger partial charge in [0.1, 0.15) is 5.82 Å². The first-order valence-electron chi connectivity index (χ1n) is 8.76. The Bertz CT molecular complexity index is 891. The highest BCUT2D eigenvalue weighted by Crippen LogP contribution is 2.22. The topological polar surface area (TPSA) is 114 Å². The number of aryl methyl sites for hydroxylation is 1. The molecule has 26 heavy (non-hydrogen) atoms. The summed E-state index contributed by atoms with van der Waals surface area (Å²) in [6.07, 6.45) is 2.92. The summed E-state index contributed by atoms with van der Waals surface area (Å²) in [6.45, 7) is 8.23. The number of rotatable bonds is 7. The molecule has 3 N–H and O–H groups in total. The number of unbranched alkanes of at least 4 members (excludes halogenated alkanes) is 1. The molecule has 2 aromatic rings. The van der Waals surface area contributed by atoms with Crippen molar-refractivity contribution in [3.8, 4) is 0 Å². The number of aromatic nitrogens is 2. The first kappa shape index (κ1) is 19.6. The van der Waals surface area contributed by atoms with E-state index in [2.05, 4.69) is 4.98 Å². The second-order valence-corrected chi connectivity index (χ2v) is 6.74. The molecule has 0 saturated carbocycles. The molecule has 0 aliphatic heterocycles. The Morgan fingerprint density at radius 2 is 2.08 bits per heavy atom. The van der Waals surface area contributed by atoms with Crippen molar-refractivity contribution >= 4 is 17.4 Å². The summed E-state index contributed by atoms with van der Waals surface area (Å²) in [6, 6.07) is 1.68. The van der Waals surface area contributed by atoms with E-state index >= 15 is 0 Å². The molecule has 0 aliphatic carbocycles. The Morgan fingerprint density at radius 3 is 2.62 bits per heavy atom. The molecule has 0 saturated heterocycles. The van der Waals surface area contributed by atoms with E-state index in [1.807, 2.05) is 20.8 Å². The van der Waals surface area contributed by atoms with Gasteiger partial charge in [-0.1, -0.05) is 27.2 Å². The quantitative estimate of drug-likeness (QED) is 0.783. The van der Waals surface area contributed by atoms with Gasteiger partial charge in [0.15, 0.2) is 11.4 Å². The van der Waals surface area contributed by atoms with Gasteiger partial charge in [0, 0.05) is 18.7 Å². The summed E-state index contributed by atoms with van der Waals surface area (Å²) in [7, 11) is 0. The largest absolute Gasteiger partial charge is 0.459 e. The number of hydrogen-bond acceptors (Lipinski definition) is 5. The van der Waals surface area contributed by atoms with Crippen LogP contribution in [0.3, 0.4) is 0 Å². The second-order valence-electron chi connectivity index (χ2n) is 6.74. The number of amides is 1. The molecule has 0 unspecified atom stereocenters. The number of nitrogens with one attached hydrogen (secondary N) is 1. The summed E-state index contributed by atoms with van der Waals surface area (Å²) in [4.78, 5) is 41.2. The third-order valence-corrected chi connectivity index (χ3v) is 4.07. The predicted molar refractivity (Wildman–Crippen MR) is 101 cm³/mol. The molecule has 0 radical (unpaired) electrons. The Hall–Kier alpha value is -2.77. The van der Waals surface area contributed by atoms with E-state index in [-0.39, 0.29) is 23.2 Å². The number of anilines is 2. The van der Waals surface area contributed by atoms with Crippen molar-refractivity contribution in [2.75, 3.05) is 17.2 Å². The molecule has 0 aliphatic rings. The lowest BCUT2D eigenvalue weighted by molar-refractivity contribution is 0.0958. The molecule has 0 fully saturated rings. The molecular formula is C18H26N4O4. The van der Waals surface area contributed by atoms with Crippen LogP contribution in [0, 0.1) is 12.8 Å². The monoisotopic (exact) mass is 362 g/mol. The minimum atomic E-state index is -0.679. The molecule has 2 aromatic heterocycles. The van der Waals surface area contributed by atoms with Crippen molar-refractivity contribution in [3.63, 3.8) is 0 Å². The zero-order valence-electron chi connectivity index (χ0n) is 15.7. The molecule has 1 amide bonds. The van der Waals surface area contributed by atoms with Crippen molar-refractivity contribution in [1.82, 2.24) is 9.55 Å². The maximum absolute atomic E-state index is 13.0. The van der Waals surface area contributed by atoms with Gasteiger partial charge in [-0.05, 0) is 25.3 Å². The third kappa shape index (κ3) is 3.89. The molecule has 0 atom stereocenters. The molecule has 8 nitrogen and oxygen atoms in total. The van der Waals surface area contributed by atoms with E-state index in [1.165, 1.54) is 15.7 Å². The highest BCUT2D eigenvalue weighted by molar-refractivity contribution is 6.06. The summed E-state index contributed by atoms with van der Waals surface area (Å²) < 4.78 is 6.59. The summed E-state index contributed by atoms with van der Waals surface area (Å²) in [5, 5.41) is 0. The van der Waals surface area contributed by atoms with Gasteiger partial charge in [-0.25, -0.2) is 4.79 Å². The van der Waals surface area contributed by atoms with E-state index in [0.717, 1.165) is 6.42 Å². The van der Waals surface area contributed by atoms with Crippen molar-refractivity contribution in [1.29, 1.82) is 0 Å². The molecular weight excluding hydrogens is 336 g/mol. The fourth-order valence-electron chi connectivity index (χ4n) is 2.73. The molecule has 0 aromatic carbocycles. The van der Waals surface area contributed by atoms with Crippen molar-refractivity contribution < 1.29 is 9.21 Å². The van der Waals surface area contributed by atoms with Gasteiger partial charge in [-0.15, -0.1) is 0 Å². The predicted octanol–water partition coefficient (Wildman–Crippen LogP) is 2.12. The van der Waals surface area contributed by atoms with Crippen molar-refractivity contribution in [3.05, 3.63) is 44.5 Å². The molecule has 2 heterocycles. The Kier molecular flexibility index (Phi) is 6.07. The van der Waals surface area contributed by atoms with Crippen molar-refractivity contribution in [2.45, 2.75) is 47.1 Å². The fraction of sp³-hybridized carbons (Fsp3) is 0.500. The van der Waals surface area contributed by atoms with Crippen LogP contribution in [-0.2, 0) is 6.54 Å². The number of nitrogen functional groups attached to an aromatic ring is 1. The van der Waals surface area contributed by atoms with Crippen LogP contribution in [0.15, 0.2) is 26.3 Å². The average Bonchev–Trinajstić information content (AvgIpc) is 2.99. The fourth-order valence-corrected chi connectivity index (χ4v) is 2.73. The normalized spacial score (nSPS) is 11.1. The second kappa shape index (κ2) is 8.07. The van der Waals surface area contributed by atoms with Gasteiger partial charge in [0.25, 0.3) is 11.5 Å². The highest BCUT2D eigenvalue weighted by Gasteiger charge is 2.27. The number of nitrogens with two attached hydrogens (primary N) is 1. The lowest BCUT2D eigenvalue weighted by atomic mass is 10.2. The first-order chi connectivity index (χ1) is 12.3. The van der Waals surface area contributed by atoms with Crippen LogP contribution >= 0.6 is 0 Å². The van der Waals surface area contributed by atoms with Gasteiger partial charge in [0.2, 0.25) is 0 Å². The standard InChI is InChI=1S/C18H26N4O4/c1-5-6-8-21(17(24)14-12(4)7-9-26-14)13-15(19)22(10-11(2)3)18(25)20-16(13)23/h7,9,11H,5-6,8,10,19H2,1-4H3,(H,20,23,25). The Morgan fingerprint density at radius 1 is 1.38 bits per heavy atom. The number of carbonyl (C=O) groups excluding carboxylic acids is 1. The Balaban J connectivity index is 2.61. The number of nitrogens with zero attached hydrogens (tertiary/aromatic N) is 2. The number of hydrogen-bond donors (Lipinski definition) is 2. The van der Waals surface area contributed by atoms with E-state index in [9.17, 15) is 14.4 Å². The van der Waals surface area contributed by atoms with Crippen LogP contribution in [-0.4, -0.2) is 22.0 Å². The van der Waals surface area contributed by atoms with Crippen LogP contribution in [0.4, 0.5) is 11.5 Å². The van der Waals surface area contributed by atoms with E-state index < -0.39 is 17.2 Å². The summed E-state index contributed by atoms with van der Waals surface area (Å²) in [5.74, 6) is -0.170. The molecule has 8 heteroatoms. The van der Waals surface area contributed by atoms with Crippen molar-refractivity contribution in [2.24, 2.45) is 5.92 Å². The van der Waals surface area contributed by atoms with E-state index in [4.69, 9.17) is 10.2 Å². The summed E-state index contributed by atoms with van der Waals surface area (Å²) >= 11 is 0. The van der Waals surface area contributed by atoms with Crippen LogP contribution < -0.4 is 21.9 Å². The zero-order valence-corrected chi connectivity index (χ0v) is 15.7. The minimum absolute atomic E-state index is 0.0129. The number of aromatic amines is 1. The lowest BCUT2D eigenvalue weighted by Crippen LogP contribution is -2.42. The number of carbonyl (C=O) groups is 1. The SMILES string of the molecule is CCCCN(C(=O)c1occc1C)c1c(N)n(CC(C)C)c(=O)[nH]c1=O. The number of furan rings is 1. The van der Waals surface area contributed by atoms with Gasteiger partial charge in [-0.2, -0.15) is 0 Å². The first-order valence-corrected chi connectivity index (χ1v) is 8.76. The average molecular weight is 362 g/mol. The highest BCUT2D eigenvalue weighted by atomic mass is 16.3. The van der Waals surface area contributed by atoms with Gasteiger partial charge < -0.3 is 10.2 Å². The van der Waals surface area contributed by atoms with Crippen LogP contribution in [0.5, 0.6) is 0 Å². The molecule has 0 bridgehead atoms. The summed E-state index contributed by atoms with van der Waals surface area (Å²) in [5.41, 5.74) is 5.55. The number of H-pyrrole nitrogens is 1. The lowest BCUT2D eigenvalue weighted by Gasteiger charge is -2.24.